The van der Waals surface area contributed by atoms with Gasteiger partial charge in [0.15, 0.2) is 0 Å². The number of nitrogens with zero attached hydrogens (tertiary/aromatic N) is 1. The molecular weight excluding hydrogens is 215 g/mol. The molecule has 15 heavy (non-hydrogen) atoms. The molecule has 0 unspecified atom stereocenters. The van der Waals surface area contributed by atoms with Crippen LogP contribution in [0.3, 0.4) is 0 Å². The number of aromatic amines is 1. The maximum atomic E-state index is 13.3. The molecule has 4 heteroatoms. The first-order valence-corrected chi connectivity index (χ1v) is 5.15. The smallest absolute Gasteiger partial charge is 0.126 e. The summed E-state index contributed by atoms with van der Waals surface area (Å²) in [4.78, 5) is 7.15. The Balaban J connectivity index is 2.18. The number of H-pyrrole nitrogens is 1. The summed E-state index contributed by atoms with van der Waals surface area (Å²) in [5, 5.41) is 0. The molecule has 2 nitrogen and oxygen atoms in total. The summed E-state index contributed by atoms with van der Waals surface area (Å²) in [6, 6.07) is 6.67. The number of halogens is 2. The molecule has 0 saturated carbocycles. The molecule has 2 aromatic rings. The number of rotatable bonds is 3. The number of hydrogen-bond acceptors (Lipinski definition) is 1. The minimum absolute atomic E-state index is 0.207. The fraction of sp³-hybridized carbons (Fsp3) is 0.182. The number of imidazole rings is 1. The van der Waals surface area contributed by atoms with E-state index in [0.29, 0.717) is 17.9 Å². The molecule has 0 amide bonds. The molecule has 1 N–H and O–H groups in total. The first-order valence-electron chi connectivity index (χ1n) is 4.61. The van der Waals surface area contributed by atoms with Crippen molar-refractivity contribution in [3.05, 3.63) is 53.4 Å². The van der Waals surface area contributed by atoms with E-state index in [9.17, 15) is 4.39 Å². The van der Waals surface area contributed by atoms with Gasteiger partial charge in [-0.3, -0.25) is 0 Å². The van der Waals surface area contributed by atoms with Gasteiger partial charge in [-0.25, -0.2) is 9.37 Å². The number of alkyl halides is 1. The van der Waals surface area contributed by atoms with E-state index in [2.05, 4.69) is 9.97 Å². The summed E-state index contributed by atoms with van der Waals surface area (Å²) in [5.41, 5.74) is 1.48. The molecular formula is C11H10ClFN2. The van der Waals surface area contributed by atoms with E-state index in [-0.39, 0.29) is 5.82 Å². The third-order valence-electron chi connectivity index (χ3n) is 2.14. The molecule has 0 radical (unpaired) electrons. The topological polar surface area (TPSA) is 28.7 Å². The fourth-order valence-electron chi connectivity index (χ4n) is 1.39. The summed E-state index contributed by atoms with van der Waals surface area (Å²) in [6.07, 6.45) is 2.13. The highest BCUT2D eigenvalue weighted by Gasteiger charge is 2.05. The Kier molecular flexibility index (Phi) is 3.02. The number of aromatic nitrogens is 2. The predicted octanol–water partition coefficient (Wildman–Crippen LogP) is 2.88. The minimum atomic E-state index is -0.207. The Morgan fingerprint density at radius 2 is 2.13 bits per heavy atom. The molecule has 2 rings (SSSR count). The lowest BCUT2D eigenvalue weighted by atomic mass is 10.1. The highest BCUT2D eigenvalue weighted by Crippen LogP contribution is 2.11. The molecule has 1 aromatic carbocycles. The molecule has 78 valence electrons. The second-order valence-corrected chi connectivity index (χ2v) is 3.52. The van der Waals surface area contributed by atoms with Crippen LogP contribution < -0.4 is 0 Å². The molecule has 0 aliphatic carbocycles. The van der Waals surface area contributed by atoms with Gasteiger partial charge in [0.05, 0.1) is 5.88 Å². The van der Waals surface area contributed by atoms with E-state index in [0.717, 1.165) is 11.5 Å². The Labute approximate surface area is 92.1 Å². The van der Waals surface area contributed by atoms with E-state index < -0.39 is 0 Å². The lowest BCUT2D eigenvalue weighted by Gasteiger charge is -1.99. The quantitative estimate of drug-likeness (QED) is 0.798. The minimum Gasteiger partial charge on any atom is -0.345 e. The standard InChI is InChI=1S/C11H10ClFN2/c12-6-9-7-14-11(15-9)5-8-3-1-2-4-10(8)13/h1-4,7H,5-6H2,(H,14,15). The third kappa shape index (κ3) is 2.36. The summed E-state index contributed by atoms with van der Waals surface area (Å²) >= 11 is 5.63. The Morgan fingerprint density at radius 1 is 1.33 bits per heavy atom. The van der Waals surface area contributed by atoms with Crippen molar-refractivity contribution in [3.63, 3.8) is 0 Å². The Bertz CT molecular complexity index is 453. The highest BCUT2D eigenvalue weighted by molar-refractivity contribution is 6.16. The van der Waals surface area contributed by atoms with Crippen LogP contribution in [0.1, 0.15) is 17.1 Å². The van der Waals surface area contributed by atoms with E-state index in [4.69, 9.17) is 11.6 Å². The largest absolute Gasteiger partial charge is 0.345 e. The van der Waals surface area contributed by atoms with Crippen LogP contribution >= 0.6 is 11.6 Å². The van der Waals surface area contributed by atoms with Gasteiger partial charge < -0.3 is 4.98 Å². The van der Waals surface area contributed by atoms with Crippen LogP contribution in [-0.2, 0) is 12.3 Å². The second-order valence-electron chi connectivity index (χ2n) is 3.26. The number of nitrogens with one attached hydrogen (secondary N) is 1. The predicted molar refractivity (Wildman–Crippen MR) is 57.4 cm³/mol. The zero-order valence-electron chi connectivity index (χ0n) is 8.00. The summed E-state index contributed by atoms with van der Waals surface area (Å²) in [5.74, 6) is 0.918. The SMILES string of the molecule is Fc1ccccc1Cc1ncc(CCl)[nH]1. The van der Waals surface area contributed by atoms with Crippen LogP contribution in [0, 0.1) is 5.82 Å². The van der Waals surface area contributed by atoms with Crippen molar-refractivity contribution in [1.82, 2.24) is 9.97 Å². The maximum absolute atomic E-state index is 13.3. The zero-order chi connectivity index (χ0) is 10.7. The van der Waals surface area contributed by atoms with Crippen LogP contribution in [0.4, 0.5) is 4.39 Å². The summed E-state index contributed by atoms with van der Waals surface area (Å²) in [7, 11) is 0. The maximum Gasteiger partial charge on any atom is 0.126 e. The van der Waals surface area contributed by atoms with Crippen molar-refractivity contribution in [2.24, 2.45) is 0 Å². The van der Waals surface area contributed by atoms with Crippen molar-refractivity contribution in [1.29, 1.82) is 0 Å². The number of benzene rings is 1. The van der Waals surface area contributed by atoms with Crippen LogP contribution in [0.15, 0.2) is 30.5 Å². The van der Waals surface area contributed by atoms with Crippen LogP contribution in [0.5, 0.6) is 0 Å². The average molecular weight is 225 g/mol. The molecule has 0 bridgehead atoms. The van der Waals surface area contributed by atoms with Gasteiger partial charge in [0.2, 0.25) is 0 Å². The van der Waals surface area contributed by atoms with E-state index >= 15 is 0 Å². The van der Waals surface area contributed by atoms with Crippen molar-refractivity contribution >= 4 is 11.6 Å². The van der Waals surface area contributed by atoms with Crippen molar-refractivity contribution in [2.45, 2.75) is 12.3 Å². The van der Waals surface area contributed by atoms with Gasteiger partial charge in [-0.2, -0.15) is 0 Å². The molecule has 0 saturated heterocycles. The molecule has 0 fully saturated rings. The van der Waals surface area contributed by atoms with Crippen LogP contribution in [0.25, 0.3) is 0 Å². The van der Waals surface area contributed by atoms with Gasteiger partial charge in [0, 0.05) is 18.3 Å². The van der Waals surface area contributed by atoms with Crippen molar-refractivity contribution in [3.8, 4) is 0 Å². The van der Waals surface area contributed by atoms with Crippen molar-refractivity contribution < 1.29 is 4.39 Å². The summed E-state index contributed by atoms with van der Waals surface area (Å²) < 4.78 is 13.3. The molecule has 0 aliphatic heterocycles. The first-order chi connectivity index (χ1) is 7.29. The Morgan fingerprint density at radius 3 is 2.80 bits per heavy atom. The Hall–Kier alpha value is -1.35. The van der Waals surface area contributed by atoms with Gasteiger partial charge in [-0.15, -0.1) is 11.6 Å². The van der Waals surface area contributed by atoms with Gasteiger partial charge in [0.25, 0.3) is 0 Å². The molecule has 1 aromatic heterocycles. The van der Waals surface area contributed by atoms with Gasteiger partial charge >= 0.3 is 0 Å². The fourth-order valence-corrected chi connectivity index (χ4v) is 1.52. The molecule has 1 heterocycles. The van der Waals surface area contributed by atoms with E-state index in [1.54, 1.807) is 18.3 Å². The third-order valence-corrected chi connectivity index (χ3v) is 2.43. The molecule has 0 aliphatic rings. The first kappa shape index (κ1) is 10.2. The summed E-state index contributed by atoms with van der Waals surface area (Å²) in [6.45, 7) is 0. The average Bonchev–Trinajstić information content (AvgIpc) is 2.69. The van der Waals surface area contributed by atoms with Crippen LogP contribution in [-0.4, -0.2) is 9.97 Å². The lowest BCUT2D eigenvalue weighted by molar-refractivity contribution is 0.612. The van der Waals surface area contributed by atoms with Gasteiger partial charge in [-0.1, -0.05) is 18.2 Å². The van der Waals surface area contributed by atoms with E-state index in [1.807, 2.05) is 6.07 Å². The monoisotopic (exact) mass is 224 g/mol. The normalized spacial score (nSPS) is 10.5. The number of hydrogen-bond donors (Lipinski definition) is 1. The van der Waals surface area contributed by atoms with Crippen LogP contribution in [0.2, 0.25) is 0 Å². The zero-order valence-corrected chi connectivity index (χ0v) is 8.76. The van der Waals surface area contributed by atoms with Gasteiger partial charge in [-0.05, 0) is 11.6 Å². The lowest BCUT2D eigenvalue weighted by Crippen LogP contribution is -1.94. The molecule has 0 atom stereocenters. The van der Waals surface area contributed by atoms with E-state index in [1.165, 1.54) is 6.07 Å². The van der Waals surface area contributed by atoms with Gasteiger partial charge in [0.1, 0.15) is 11.6 Å². The highest BCUT2D eigenvalue weighted by atomic mass is 35.5. The second kappa shape index (κ2) is 4.45. The van der Waals surface area contributed by atoms with Crippen molar-refractivity contribution in [2.75, 3.05) is 0 Å². The molecule has 0 spiro atoms.